The van der Waals surface area contributed by atoms with Crippen molar-refractivity contribution in [3.8, 4) is 0 Å². The van der Waals surface area contributed by atoms with E-state index in [1.807, 2.05) is 0 Å². The molecule has 1 unspecified atom stereocenters. The van der Waals surface area contributed by atoms with Crippen molar-refractivity contribution in [3.63, 3.8) is 0 Å². The normalized spacial score (nSPS) is 19.1. The van der Waals surface area contributed by atoms with Gasteiger partial charge in [0.1, 0.15) is 0 Å². The van der Waals surface area contributed by atoms with Gasteiger partial charge in [0.25, 0.3) is 0 Å². The molecule has 1 atom stereocenters. The van der Waals surface area contributed by atoms with Crippen LogP contribution in [0.3, 0.4) is 0 Å². The predicted molar refractivity (Wildman–Crippen MR) is 71.2 cm³/mol. The van der Waals surface area contributed by atoms with Gasteiger partial charge in [-0.3, -0.25) is 0 Å². The van der Waals surface area contributed by atoms with Crippen LogP contribution >= 0.6 is 0 Å². The minimum absolute atomic E-state index is 0.352. The molecule has 2 N–H and O–H groups in total. The minimum Gasteiger partial charge on any atom is -0.389 e. The number of ether oxygens (including phenoxy) is 1. The first kappa shape index (κ1) is 14.9. The smallest absolute Gasteiger partial charge is 0.0897 e. The highest BCUT2D eigenvalue weighted by molar-refractivity contribution is 4.74. The first-order valence-electron chi connectivity index (χ1n) is 7.17. The number of hydrogen-bond donors (Lipinski definition) is 2. The Balaban J connectivity index is 1.88. The molecule has 0 aliphatic heterocycles. The van der Waals surface area contributed by atoms with Crippen LogP contribution in [0.2, 0.25) is 0 Å². The second-order valence-corrected chi connectivity index (χ2v) is 5.65. The lowest BCUT2D eigenvalue weighted by Gasteiger charge is -2.16. The van der Waals surface area contributed by atoms with E-state index in [1.54, 1.807) is 0 Å². The SMILES string of the molecule is CC(C)CCCOCC(O)CNC1CCCC1. The molecule has 1 aliphatic rings. The molecular weight excluding hydrogens is 214 g/mol. The summed E-state index contributed by atoms with van der Waals surface area (Å²) in [6, 6.07) is 0.630. The lowest BCUT2D eigenvalue weighted by Crippen LogP contribution is -2.36. The van der Waals surface area contributed by atoms with E-state index < -0.39 is 0 Å². The highest BCUT2D eigenvalue weighted by atomic mass is 16.5. The van der Waals surface area contributed by atoms with E-state index in [4.69, 9.17) is 4.74 Å². The van der Waals surface area contributed by atoms with Crippen molar-refractivity contribution in [2.45, 2.75) is 64.5 Å². The summed E-state index contributed by atoms with van der Waals surface area (Å²) in [5.41, 5.74) is 0. The van der Waals surface area contributed by atoms with Crippen molar-refractivity contribution < 1.29 is 9.84 Å². The number of rotatable bonds is 9. The molecular formula is C14H29NO2. The molecule has 0 radical (unpaired) electrons. The van der Waals surface area contributed by atoms with Gasteiger partial charge in [0, 0.05) is 19.2 Å². The number of nitrogens with one attached hydrogen (secondary N) is 1. The molecule has 0 bridgehead atoms. The van der Waals surface area contributed by atoms with Crippen LogP contribution in [-0.4, -0.2) is 37.0 Å². The second kappa shape index (κ2) is 8.90. The molecule has 0 aromatic carbocycles. The van der Waals surface area contributed by atoms with Crippen molar-refractivity contribution in [1.29, 1.82) is 0 Å². The van der Waals surface area contributed by atoms with Gasteiger partial charge >= 0.3 is 0 Å². The summed E-state index contributed by atoms with van der Waals surface area (Å²) in [6.45, 7) is 6.37. The second-order valence-electron chi connectivity index (χ2n) is 5.65. The monoisotopic (exact) mass is 243 g/mol. The third-order valence-corrected chi connectivity index (χ3v) is 3.38. The van der Waals surface area contributed by atoms with Crippen LogP contribution in [0.5, 0.6) is 0 Å². The van der Waals surface area contributed by atoms with Crippen LogP contribution in [0.1, 0.15) is 52.4 Å². The Morgan fingerprint density at radius 3 is 2.65 bits per heavy atom. The van der Waals surface area contributed by atoms with E-state index in [1.165, 1.54) is 32.1 Å². The summed E-state index contributed by atoms with van der Waals surface area (Å²) >= 11 is 0. The summed E-state index contributed by atoms with van der Waals surface area (Å²) in [6.07, 6.45) is 7.15. The quantitative estimate of drug-likeness (QED) is 0.611. The highest BCUT2D eigenvalue weighted by Gasteiger charge is 2.15. The van der Waals surface area contributed by atoms with Gasteiger partial charge in [-0.05, 0) is 31.6 Å². The zero-order valence-electron chi connectivity index (χ0n) is 11.5. The Morgan fingerprint density at radius 2 is 2.00 bits per heavy atom. The fraction of sp³-hybridized carbons (Fsp3) is 1.00. The molecule has 0 amide bonds. The molecule has 0 heterocycles. The molecule has 0 aromatic rings. The first-order chi connectivity index (χ1) is 8.18. The van der Waals surface area contributed by atoms with Gasteiger partial charge in [0.2, 0.25) is 0 Å². The average Bonchev–Trinajstić information content (AvgIpc) is 2.78. The van der Waals surface area contributed by atoms with E-state index in [0.29, 0.717) is 19.2 Å². The zero-order valence-corrected chi connectivity index (χ0v) is 11.5. The van der Waals surface area contributed by atoms with Crippen LogP contribution in [0.15, 0.2) is 0 Å². The lowest BCUT2D eigenvalue weighted by molar-refractivity contribution is 0.0335. The Labute approximate surface area is 106 Å². The van der Waals surface area contributed by atoms with Crippen molar-refractivity contribution in [3.05, 3.63) is 0 Å². The third kappa shape index (κ3) is 7.74. The van der Waals surface area contributed by atoms with Gasteiger partial charge in [-0.2, -0.15) is 0 Å². The van der Waals surface area contributed by atoms with Gasteiger partial charge in [0.05, 0.1) is 12.7 Å². The fourth-order valence-corrected chi connectivity index (χ4v) is 2.30. The molecule has 0 aromatic heterocycles. The van der Waals surface area contributed by atoms with Gasteiger partial charge in [-0.1, -0.05) is 26.7 Å². The van der Waals surface area contributed by atoms with Gasteiger partial charge in [-0.15, -0.1) is 0 Å². The Bertz CT molecular complexity index is 179. The molecule has 0 spiro atoms. The van der Waals surface area contributed by atoms with E-state index in [0.717, 1.165) is 18.9 Å². The molecule has 3 nitrogen and oxygen atoms in total. The van der Waals surface area contributed by atoms with E-state index in [9.17, 15) is 5.11 Å². The Hall–Kier alpha value is -0.120. The molecule has 1 saturated carbocycles. The third-order valence-electron chi connectivity index (χ3n) is 3.38. The molecule has 1 aliphatic carbocycles. The summed E-state index contributed by atoms with van der Waals surface area (Å²) in [5.74, 6) is 0.743. The lowest BCUT2D eigenvalue weighted by atomic mass is 10.1. The average molecular weight is 243 g/mol. The minimum atomic E-state index is -0.352. The Kier molecular flexibility index (Phi) is 7.82. The van der Waals surface area contributed by atoms with Gasteiger partial charge in [-0.25, -0.2) is 0 Å². The molecule has 1 fully saturated rings. The van der Waals surface area contributed by atoms with Crippen molar-refractivity contribution in [2.75, 3.05) is 19.8 Å². The largest absolute Gasteiger partial charge is 0.389 e. The van der Waals surface area contributed by atoms with Gasteiger partial charge in [0.15, 0.2) is 0 Å². The van der Waals surface area contributed by atoms with Crippen molar-refractivity contribution in [2.24, 2.45) is 5.92 Å². The summed E-state index contributed by atoms with van der Waals surface area (Å²) < 4.78 is 5.47. The van der Waals surface area contributed by atoms with E-state index in [-0.39, 0.29) is 6.10 Å². The van der Waals surface area contributed by atoms with Crippen molar-refractivity contribution in [1.82, 2.24) is 5.32 Å². The zero-order chi connectivity index (χ0) is 12.5. The molecule has 0 saturated heterocycles. The maximum absolute atomic E-state index is 9.73. The standard InChI is InChI=1S/C14H29NO2/c1-12(2)6-5-9-17-11-14(16)10-15-13-7-3-4-8-13/h12-16H,3-11H2,1-2H3. The van der Waals surface area contributed by atoms with Crippen LogP contribution < -0.4 is 5.32 Å². The van der Waals surface area contributed by atoms with Crippen molar-refractivity contribution >= 4 is 0 Å². The summed E-state index contributed by atoms with van der Waals surface area (Å²) in [7, 11) is 0. The van der Waals surface area contributed by atoms with Crippen LogP contribution in [0.4, 0.5) is 0 Å². The molecule has 1 rings (SSSR count). The summed E-state index contributed by atoms with van der Waals surface area (Å²) in [4.78, 5) is 0. The first-order valence-corrected chi connectivity index (χ1v) is 7.17. The van der Waals surface area contributed by atoms with Crippen LogP contribution in [-0.2, 0) is 4.74 Å². The molecule has 102 valence electrons. The number of hydrogen-bond acceptors (Lipinski definition) is 3. The van der Waals surface area contributed by atoms with Gasteiger partial charge < -0.3 is 15.2 Å². The topological polar surface area (TPSA) is 41.5 Å². The fourth-order valence-electron chi connectivity index (χ4n) is 2.30. The summed E-state index contributed by atoms with van der Waals surface area (Å²) in [5, 5.41) is 13.1. The highest BCUT2D eigenvalue weighted by Crippen LogP contribution is 2.17. The predicted octanol–water partition coefficient (Wildman–Crippen LogP) is 2.33. The van der Waals surface area contributed by atoms with Crippen LogP contribution in [0, 0.1) is 5.92 Å². The van der Waals surface area contributed by atoms with Crippen LogP contribution in [0.25, 0.3) is 0 Å². The van der Waals surface area contributed by atoms with E-state index in [2.05, 4.69) is 19.2 Å². The van der Waals surface area contributed by atoms with E-state index >= 15 is 0 Å². The maximum Gasteiger partial charge on any atom is 0.0897 e. The number of aliphatic hydroxyl groups excluding tert-OH is 1. The maximum atomic E-state index is 9.73. The molecule has 17 heavy (non-hydrogen) atoms. The Morgan fingerprint density at radius 1 is 1.29 bits per heavy atom. The molecule has 3 heteroatoms. The number of aliphatic hydroxyl groups is 1.